The minimum atomic E-state index is 0.994. The molecular weight excluding hydrogens is 344 g/mol. The summed E-state index contributed by atoms with van der Waals surface area (Å²) in [5, 5.41) is 4.45. The Hall–Kier alpha value is -3.92. The quantitative estimate of drug-likeness (QED) is 0.452. The zero-order valence-corrected chi connectivity index (χ0v) is 15.2. The number of hydrogen-bond acceptors (Lipinski definition) is 2. The van der Waals surface area contributed by atoms with Crippen LogP contribution in [0.3, 0.4) is 0 Å². The molecule has 0 spiro atoms. The van der Waals surface area contributed by atoms with Crippen LogP contribution < -0.4 is 0 Å². The van der Waals surface area contributed by atoms with E-state index in [0.717, 1.165) is 39.3 Å². The van der Waals surface area contributed by atoms with Crippen molar-refractivity contribution in [3.8, 4) is 39.3 Å². The van der Waals surface area contributed by atoms with Crippen LogP contribution in [0.15, 0.2) is 104 Å². The van der Waals surface area contributed by atoms with Crippen LogP contribution in [0.5, 0.6) is 0 Å². The first kappa shape index (κ1) is 16.3. The Morgan fingerprint density at radius 3 is 1.68 bits per heavy atom. The second-order valence-electron chi connectivity index (χ2n) is 6.54. The maximum absolute atomic E-state index is 4.45. The minimum absolute atomic E-state index is 0.994. The Labute approximate surface area is 163 Å². The maximum atomic E-state index is 4.45. The number of H-pyrrole nitrogens is 1. The number of rotatable bonds is 4. The van der Waals surface area contributed by atoms with Gasteiger partial charge in [0.2, 0.25) is 0 Å². The molecule has 134 valence electrons. The fourth-order valence-corrected chi connectivity index (χ4v) is 3.56. The van der Waals surface area contributed by atoms with Crippen molar-refractivity contribution < 1.29 is 0 Å². The standard InChI is InChI=1S/C24H18N4/c1-4-10-18(11-5-1)21-22(19-12-6-2-7-13-19)27-23(20-14-8-3-9-15-20)24(21)28-17-25-16-26-28/h1-17,27H. The zero-order valence-electron chi connectivity index (χ0n) is 15.2. The summed E-state index contributed by atoms with van der Waals surface area (Å²) in [6, 6.07) is 31.1. The number of benzene rings is 3. The topological polar surface area (TPSA) is 46.5 Å². The minimum Gasteiger partial charge on any atom is -0.352 e. The first-order chi connectivity index (χ1) is 13.9. The summed E-state index contributed by atoms with van der Waals surface area (Å²) in [6.45, 7) is 0. The molecule has 3 aromatic carbocycles. The van der Waals surface area contributed by atoms with Crippen LogP contribution in [-0.4, -0.2) is 19.7 Å². The second kappa shape index (κ2) is 7.00. The van der Waals surface area contributed by atoms with Crippen LogP contribution in [0.4, 0.5) is 0 Å². The van der Waals surface area contributed by atoms with Gasteiger partial charge in [0, 0.05) is 11.1 Å². The average Bonchev–Trinajstić information content (AvgIpc) is 3.43. The lowest BCUT2D eigenvalue weighted by molar-refractivity contribution is 0.883. The van der Waals surface area contributed by atoms with E-state index >= 15 is 0 Å². The van der Waals surface area contributed by atoms with Crippen LogP contribution >= 0.6 is 0 Å². The largest absolute Gasteiger partial charge is 0.352 e. The van der Waals surface area contributed by atoms with E-state index in [2.05, 4.69) is 75.7 Å². The number of aromatic amines is 1. The number of nitrogens with one attached hydrogen (secondary N) is 1. The molecule has 0 aliphatic carbocycles. The molecule has 0 bridgehead atoms. The molecule has 0 radical (unpaired) electrons. The Balaban J connectivity index is 1.88. The molecule has 2 heterocycles. The van der Waals surface area contributed by atoms with Crippen LogP contribution in [0.2, 0.25) is 0 Å². The molecule has 0 unspecified atom stereocenters. The summed E-state index contributed by atoms with van der Waals surface area (Å²) in [5.41, 5.74) is 7.55. The highest BCUT2D eigenvalue weighted by atomic mass is 15.3. The molecule has 2 aromatic heterocycles. The smallest absolute Gasteiger partial charge is 0.138 e. The normalized spacial score (nSPS) is 10.9. The first-order valence-electron chi connectivity index (χ1n) is 9.19. The van der Waals surface area contributed by atoms with E-state index in [1.807, 2.05) is 35.0 Å². The van der Waals surface area contributed by atoms with Crippen molar-refractivity contribution in [3.63, 3.8) is 0 Å². The summed E-state index contributed by atoms with van der Waals surface area (Å²) in [5.74, 6) is 0. The van der Waals surface area contributed by atoms with Gasteiger partial charge >= 0.3 is 0 Å². The first-order valence-corrected chi connectivity index (χ1v) is 9.19. The van der Waals surface area contributed by atoms with E-state index in [1.165, 1.54) is 0 Å². The molecule has 0 aliphatic heterocycles. The van der Waals surface area contributed by atoms with E-state index in [0.29, 0.717) is 0 Å². The molecule has 0 saturated heterocycles. The summed E-state index contributed by atoms with van der Waals surface area (Å²) in [6.07, 6.45) is 3.32. The van der Waals surface area contributed by atoms with Crippen LogP contribution in [0, 0.1) is 0 Å². The highest BCUT2D eigenvalue weighted by Gasteiger charge is 2.22. The fourth-order valence-electron chi connectivity index (χ4n) is 3.56. The molecule has 5 rings (SSSR count). The van der Waals surface area contributed by atoms with Gasteiger partial charge in [0.1, 0.15) is 18.3 Å². The van der Waals surface area contributed by atoms with Crippen molar-refractivity contribution in [2.24, 2.45) is 0 Å². The summed E-state index contributed by atoms with van der Waals surface area (Å²) >= 11 is 0. The van der Waals surface area contributed by atoms with Crippen molar-refractivity contribution in [2.45, 2.75) is 0 Å². The van der Waals surface area contributed by atoms with E-state index in [4.69, 9.17) is 0 Å². The molecule has 5 aromatic rings. The number of aromatic nitrogens is 4. The average molecular weight is 362 g/mol. The van der Waals surface area contributed by atoms with Crippen molar-refractivity contribution in [1.82, 2.24) is 19.7 Å². The van der Waals surface area contributed by atoms with Crippen LogP contribution in [0.25, 0.3) is 39.3 Å². The highest BCUT2D eigenvalue weighted by Crippen LogP contribution is 2.42. The van der Waals surface area contributed by atoms with Crippen molar-refractivity contribution >= 4 is 0 Å². The lowest BCUT2D eigenvalue weighted by Gasteiger charge is -2.09. The lowest BCUT2D eigenvalue weighted by atomic mass is 9.99. The molecular formula is C24H18N4. The molecule has 0 amide bonds. The van der Waals surface area contributed by atoms with Gasteiger partial charge in [0.25, 0.3) is 0 Å². The Morgan fingerprint density at radius 2 is 1.14 bits per heavy atom. The van der Waals surface area contributed by atoms with E-state index in [1.54, 1.807) is 12.7 Å². The third-order valence-corrected chi connectivity index (χ3v) is 4.81. The predicted octanol–water partition coefficient (Wildman–Crippen LogP) is 5.60. The van der Waals surface area contributed by atoms with Crippen LogP contribution in [-0.2, 0) is 0 Å². The lowest BCUT2D eigenvalue weighted by Crippen LogP contribution is -1.97. The van der Waals surface area contributed by atoms with Crippen LogP contribution in [0.1, 0.15) is 0 Å². The monoisotopic (exact) mass is 362 g/mol. The van der Waals surface area contributed by atoms with E-state index in [-0.39, 0.29) is 0 Å². The maximum Gasteiger partial charge on any atom is 0.138 e. The highest BCUT2D eigenvalue weighted by molar-refractivity contribution is 5.94. The molecule has 0 atom stereocenters. The molecule has 4 heteroatoms. The second-order valence-corrected chi connectivity index (χ2v) is 6.54. The fraction of sp³-hybridized carbons (Fsp3) is 0. The van der Waals surface area contributed by atoms with Gasteiger partial charge in [0.05, 0.1) is 11.4 Å². The van der Waals surface area contributed by atoms with E-state index in [9.17, 15) is 0 Å². The predicted molar refractivity (Wildman–Crippen MR) is 112 cm³/mol. The van der Waals surface area contributed by atoms with Crippen molar-refractivity contribution in [3.05, 3.63) is 104 Å². The van der Waals surface area contributed by atoms with Gasteiger partial charge in [-0.3, -0.25) is 0 Å². The molecule has 4 nitrogen and oxygen atoms in total. The molecule has 28 heavy (non-hydrogen) atoms. The summed E-state index contributed by atoms with van der Waals surface area (Å²) in [7, 11) is 0. The summed E-state index contributed by atoms with van der Waals surface area (Å²) in [4.78, 5) is 7.87. The zero-order chi connectivity index (χ0) is 18.8. The molecule has 0 saturated carbocycles. The van der Waals surface area contributed by atoms with Crippen molar-refractivity contribution in [2.75, 3.05) is 0 Å². The third-order valence-electron chi connectivity index (χ3n) is 4.81. The Morgan fingerprint density at radius 1 is 0.607 bits per heavy atom. The van der Waals surface area contributed by atoms with Gasteiger partial charge in [-0.25, -0.2) is 9.67 Å². The molecule has 0 aliphatic rings. The van der Waals surface area contributed by atoms with Gasteiger partial charge in [-0.1, -0.05) is 91.0 Å². The van der Waals surface area contributed by atoms with Gasteiger partial charge in [-0.05, 0) is 11.1 Å². The molecule has 0 fully saturated rings. The SMILES string of the molecule is c1ccc(-c2[nH]c(-c3ccccc3)c(-n3cncn3)c2-c2ccccc2)cc1. The number of nitrogens with zero attached hydrogens (tertiary/aromatic N) is 3. The van der Waals surface area contributed by atoms with Gasteiger partial charge in [-0.15, -0.1) is 0 Å². The van der Waals surface area contributed by atoms with Gasteiger partial charge in [0.15, 0.2) is 0 Å². The Bertz CT molecular complexity index is 1180. The molecule has 1 N–H and O–H groups in total. The van der Waals surface area contributed by atoms with Gasteiger partial charge < -0.3 is 4.98 Å². The van der Waals surface area contributed by atoms with Gasteiger partial charge in [-0.2, -0.15) is 5.10 Å². The third kappa shape index (κ3) is 2.81. The Kier molecular flexibility index (Phi) is 4.07. The number of hydrogen-bond donors (Lipinski definition) is 1. The van der Waals surface area contributed by atoms with Crippen molar-refractivity contribution in [1.29, 1.82) is 0 Å². The summed E-state index contributed by atoms with van der Waals surface area (Å²) < 4.78 is 1.84. The van der Waals surface area contributed by atoms with E-state index < -0.39 is 0 Å².